The predicted molar refractivity (Wildman–Crippen MR) is 292 cm³/mol. The summed E-state index contributed by atoms with van der Waals surface area (Å²) < 4.78 is 9.61. The summed E-state index contributed by atoms with van der Waals surface area (Å²) in [6, 6.07) is 14.5. The van der Waals surface area contributed by atoms with Gasteiger partial charge in [-0.2, -0.15) is 0 Å². The summed E-state index contributed by atoms with van der Waals surface area (Å²) >= 11 is 0. The maximum Gasteiger partial charge on any atom is 0.246 e. The molecule has 21 heteroatoms. The molecule has 4 aliphatic rings. The van der Waals surface area contributed by atoms with Gasteiger partial charge >= 0.3 is 0 Å². The largest absolute Gasteiger partial charge is 0.381 e. The highest BCUT2D eigenvalue weighted by Gasteiger charge is 2.46. The Bertz CT molecular complexity index is 2420. The molecule has 0 saturated carbocycles. The van der Waals surface area contributed by atoms with Gasteiger partial charge in [0.05, 0.1) is 36.6 Å². The molecule has 0 aliphatic carbocycles. The quantitative estimate of drug-likeness (QED) is 0.0515. The van der Waals surface area contributed by atoms with Gasteiger partial charge < -0.3 is 46.4 Å². The Morgan fingerprint density at radius 3 is 1.40 bits per heavy atom. The second kappa shape index (κ2) is 28.3. The number of benzene rings is 2. The number of amides is 6. The van der Waals surface area contributed by atoms with Gasteiger partial charge in [-0.05, 0) is 123 Å². The van der Waals surface area contributed by atoms with Gasteiger partial charge in [0.2, 0.25) is 35.4 Å². The van der Waals surface area contributed by atoms with E-state index in [-0.39, 0.29) is 47.5 Å². The number of fused-ring (bicyclic) bond motifs is 2. The molecule has 8 rings (SSSR count). The van der Waals surface area contributed by atoms with Gasteiger partial charge in [0.25, 0.3) is 0 Å². The molecule has 0 bridgehead atoms. The number of nitrogens with zero attached hydrogens (tertiary/aromatic N) is 8. The number of ether oxygens (including phenoxy) is 1. The van der Waals surface area contributed by atoms with E-state index in [2.05, 4.69) is 52.5 Å². The molecule has 4 aliphatic heterocycles. The van der Waals surface area contributed by atoms with Crippen LogP contribution in [0.2, 0.25) is 0 Å². The summed E-state index contributed by atoms with van der Waals surface area (Å²) in [5.41, 5.74) is 2.93. The lowest BCUT2D eigenvalue weighted by Gasteiger charge is -2.36. The second-order valence-electron chi connectivity index (χ2n) is 21.6. The first-order chi connectivity index (χ1) is 37.9. The van der Waals surface area contributed by atoms with Gasteiger partial charge in [0.15, 0.2) is 0 Å². The normalized spacial score (nSPS) is 23.1. The Morgan fingerprint density at radius 1 is 0.551 bits per heavy atom. The van der Waals surface area contributed by atoms with Crippen molar-refractivity contribution in [1.29, 1.82) is 0 Å². The van der Waals surface area contributed by atoms with Crippen LogP contribution in [-0.4, -0.2) is 151 Å². The van der Waals surface area contributed by atoms with E-state index >= 15 is 0 Å². The molecule has 0 spiro atoms. The first-order valence-electron chi connectivity index (χ1n) is 28.6. The zero-order valence-electron chi connectivity index (χ0n) is 46.0. The lowest BCUT2D eigenvalue weighted by Crippen LogP contribution is -2.58. The van der Waals surface area contributed by atoms with Crippen LogP contribution in [0.15, 0.2) is 73.1 Å². The van der Waals surface area contributed by atoms with E-state index in [4.69, 9.17) is 4.74 Å². The summed E-state index contributed by atoms with van der Waals surface area (Å²) in [5, 5.41) is 36.1. The van der Waals surface area contributed by atoms with Crippen molar-refractivity contribution in [2.75, 3.05) is 27.3 Å². The molecule has 6 N–H and O–H groups in total. The molecule has 6 amide bonds. The SMILES string of the molecule is CN[C@@H](C)C(=O)N[C@H]1CCCC[C@H]2CC[C@@H](C(=O)N[C@@H](c3ccccc3)c3cn(CCCCCOCCCCn4cc([C@@H](NC(=O)[C@@H]5CC[C@@H]6CCCC[C@H](NC(=O)[C@H](C)NC)C(=O)N65)c5ccccc5)nn4)nn3)N2C1=O. The third kappa shape index (κ3) is 14.8. The molecule has 4 fully saturated rings. The van der Waals surface area contributed by atoms with Crippen molar-refractivity contribution in [3.8, 4) is 0 Å². The third-order valence-electron chi connectivity index (χ3n) is 16.2. The fourth-order valence-electron chi connectivity index (χ4n) is 11.5. The molecular weight excluding hydrogens is 993 g/mol. The molecule has 4 saturated heterocycles. The average molecular weight is 1080 g/mol. The van der Waals surface area contributed by atoms with E-state index in [1.165, 1.54) is 0 Å². The van der Waals surface area contributed by atoms with Crippen LogP contribution in [0.1, 0.15) is 158 Å². The fraction of sp³-hybridized carbons (Fsp3) is 0.614. The molecule has 0 radical (unpaired) electrons. The molecule has 2 aromatic carbocycles. The number of hydrogen-bond donors (Lipinski definition) is 6. The minimum Gasteiger partial charge on any atom is -0.381 e. The number of carbonyl (C=O) groups is 6. The minimum absolute atomic E-state index is 0.0516. The molecule has 6 heterocycles. The topological polar surface area (TPSA) is 252 Å². The number of carbonyl (C=O) groups excluding carboxylic acids is 6. The number of nitrogens with one attached hydrogen (secondary N) is 6. The lowest BCUT2D eigenvalue weighted by atomic mass is 9.98. The monoisotopic (exact) mass is 1070 g/mol. The Morgan fingerprint density at radius 2 is 0.962 bits per heavy atom. The Hall–Kier alpha value is -6.58. The molecule has 21 nitrogen and oxygen atoms in total. The zero-order chi connectivity index (χ0) is 55.0. The number of hydrogen-bond acceptors (Lipinski definition) is 13. The van der Waals surface area contributed by atoms with E-state index in [0.717, 1.165) is 94.6 Å². The highest BCUT2D eigenvalue weighted by molar-refractivity contribution is 5.95. The maximum absolute atomic E-state index is 14.2. The van der Waals surface area contributed by atoms with E-state index < -0.39 is 48.3 Å². The van der Waals surface area contributed by atoms with E-state index in [1.807, 2.05) is 77.7 Å². The van der Waals surface area contributed by atoms with Crippen LogP contribution in [0.25, 0.3) is 0 Å². The van der Waals surface area contributed by atoms with Crippen LogP contribution in [0.3, 0.4) is 0 Å². The number of likely N-dealkylation sites (N-methyl/N-ethyl adjacent to an activating group) is 2. The van der Waals surface area contributed by atoms with Gasteiger partial charge in [-0.15, -0.1) is 10.2 Å². The van der Waals surface area contributed by atoms with Gasteiger partial charge in [0, 0.05) is 38.4 Å². The fourth-order valence-corrected chi connectivity index (χ4v) is 11.5. The van der Waals surface area contributed by atoms with Crippen LogP contribution in [-0.2, 0) is 46.6 Å². The third-order valence-corrected chi connectivity index (χ3v) is 16.2. The molecule has 2 aromatic heterocycles. The average Bonchev–Trinajstić information content (AvgIpc) is 4.32. The maximum atomic E-state index is 14.2. The van der Waals surface area contributed by atoms with Crippen molar-refractivity contribution in [2.24, 2.45) is 0 Å². The highest BCUT2D eigenvalue weighted by Crippen LogP contribution is 2.34. The summed E-state index contributed by atoms with van der Waals surface area (Å²) in [4.78, 5) is 85.8. The lowest BCUT2D eigenvalue weighted by molar-refractivity contribution is -0.144. The van der Waals surface area contributed by atoms with Crippen molar-refractivity contribution in [3.63, 3.8) is 0 Å². The van der Waals surface area contributed by atoms with Crippen LogP contribution in [0, 0.1) is 0 Å². The molecule has 78 heavy (non-hydrogen) atoms. The van der Waals surface area contributed by atoms with Crippen molar-refractivity contribution in [3.05, 3.63) is 95.6 Å². The van der Waals surface area contributed by atoms with Crippen molar-refractivity contribution >= 4 is 35.4 Å². The molecular formula is C57H82N14O7. The van der Waals surface area contributed by atoms with E-state index in [1.54, 1.807) is 42.4 Å². The number of rotatable bonds is 25. The molecule has 0 unspecified atom stereocenters. The first kappa shape index (κ1) is 57.6. The van der Waals surface area contributed by atoms with Gasteiger partial charge in [-0.25, -0.2) is 0 Å². The highest BCUT2D eigenvalue weighted by atomic mass is 16.5. The van der Waals surface area contributed by atoms with Crippen molar-refractivity contribution < 1.29 is 33.5 Å². The summed E-state index contributed by atoms with van der Waals surface area (Å²) in [6.45, 7) is 6.04. The number of aryl methyl sites for hydroxylation is 2. The molecule has 10 atom stereocenters. The molecule has 4 aromatic rings. The Balaban J connectivity index is 0.771. The van der Waals surface area contributed by atoms with Crippen LogP contribution < -0.4 is 31.9 Å². The van der Waals surface area contributed by atoms with Gasteiger partial charge in [0.1, 0.15) is 35.6 Å². The zero-order valence-corrected chi connectivity index (χ0v) is 46.0. The van der Waals surface area contributed by atoms with Crippen LogP contribution in [0.5, 0.6) is 0 Å². The minimum atomic E-state index is -0.680. The first-order valence-corrected chi connectivity index (χ1v) is 28.6. The number of aromatic nitrogens is 6. The van der Waals surface area contributed by atoms with E-state index in [0.29, 0.717) is 63.4 Å². The van der Waals surface area contributed by atoms with Crippen molar-refractivity contribution in [2.45, 2.75) is 197 Å². The molecule has 422 valence electrons. The predicted octanol–water partition coefficient (Wildman–Crippen LogP) is 4.00. The van der Waals surface area contributed by atoms with E-state index in [9.17, 15) is 28.8 Å². The van der Waals surface area contributed by atoms with Crippen molar-refractivity contribution in [1.82, 2.24) is 71.7 Å². The summed E-state index contributed by atoms with van der Waals surface area (Å²) in [5.74, 6) is -1.35. The summed E-state index contributed by atoms with van der Waals surface area (Å²) in [7, 11) is 3.42. The summed E-state index contributed by atoms with van der Waals surface area (Å²) in [6.07, 6.45) is 16.9. The van der Waals surface area contributed by atoms with Gasteiger partial charge in [-0.1, -0.05) is 96.8 Å². The second-order valence-corrected chi connectivity index (χ2v) is 21.6. The smallest absolute Gasteiger partial charge is 0.246 e. The Labute approximate surface area is 458 Å². The number of unbranched alkanes of at least 4 members (excludes halogenated alkanes) is 3. The van der Waals surface area contributed by atoms with Gasteiger partial charge in [-0.3, -0.25) is 38.1 Å². The van der Waals surface area contributed by atoms with Crippen LogP contribution in [0.4, 0.5) is 0 Å². The van der Waals surface area contributed by atoms with Crippen LogP contribution >= 0.6 is 0 Å². The Kier molecular flexibility index (Phi) is 20.9. The standard InChI is InChI=1S/C57H82N14O7/c1-38(58-3)52(72)60-44-26-14-12-24-42-28-30-48(70(42)56(44)76)54(74)62-50(40-20-8-5-9-21-40)46-36-68(66-64-46)32-16-7-18-34-78-35-19-17-33-69-37-47(65-67-69)51(41-22-10-6-11-23-41)63-55(75)49-31-29-43-25-13-15-27-45(57(77)71(43)49)61-53(73)39(2)59-4/h5-6,8-11,20-23,36-39,42-45,48-51,58-59H,7,12-19,24-35H2,1-4H3,(H,60,72)(H,61,73)(H,62,74)(H,63,75)/t38-,39-,42-,43-,44-,45-,48-,49-,50-,51-/m0/s1.